The third-order valence-corrected chi connectivity index (χ3v) is 4.54. The monoisotopic (exact) mass is 264 g/mol. The van der Waals surface area contributed by atoms with Gasteiger partial charge in [-0.25, -0.2) is 0 Å². The highest BCUT2D eigenvalue weighted by Crippen LogP contribution is 2.17. The predicted molar refractivity (Wildman–Crippen MR) is 81.5 cm³/mol. The number of thioether (sulfide) groups is 1. The molecule has 0 bridgehead atoms. The summed E-state index contributed by atoms with van der Waals surface area (Å²) in [7, 11) is 0. The highest BCUT2D eigenvalue weighted by atomic mass is 32.2. The molecule has 0 spiro atoms. The van der Waals surface area contributed by atoms with Gasteiger partial charge in [0.05, 0.1) is 5.75 Å². The van der Waals surface area contributed by atoms with Crippen LogP contribution in [0.15, 0.2) is 24.3 Å². The first kappa shape index (κ1) is 15.3. The minimum absolute atomic E-state index is 0.331. The van der Waals surface area contributed by atoms with Crippen molar-refractivity contribution in [3.8, 4) is 0 Å². The first-order valence-corrected chi connectivity index (χ1v) is 7.80. The lowest BCUT2D eigenvalue weighted by molar-refractivity contribution is -0.116. The van der Waals surface area contributed by atoms with Crippen LogP contribution in [0.25, 0.3) is 0 Å². The molecule has 18 heavy (non-hydrogen) atoms. The number of hydrogen-bond acceptors (Lipinski definition) is 2. The van der Waals surface area contributed by atoms with Crippen LogP contribution in [0.5, 0.6) is 0 Å². The molecule has 0 saturated heterocycles. The molecule has 1 unspecified atom stereocenters. The van der Waals surface area contributed by atoms with Gasteiger partial charge in [0.15, 0.2) is 0 Å². The molecule has 0 aliphatic rings. The molecule has 0 saturated carbocycles. The lowest BCUT2D eigenvalue weighted by Gasteiger charge is -2.08. The summed E-state index contributed by atoms with van der Waals surface area (Å²) in [6.07, 6.45) is 1.70. The molecule has 1 aromatic carbocycles. The minimum Gasteiger partial charge on any atom is -0.298 e. The molecule has 1 nitrogen and oxygen atoms in total. The van der Waals surface area contributed by atoms with Crippen molar-refractivity contribution in [2.75, 3.05) is 5.75 Å². The molecular weight excluding hydrogens is 240 g/mol. The Morgan fingerprint density at radius 3 is 2.28 bits per heavy atom. The second-order valence-corrected chi connectivity index (χ2v) is 6.57. The van der Waals surface area contributed by atoms with E-state index in [-0.39, 0.29) is 0 Å². The second kappa shape index (κ2) is 7.63. The average Bonchev–Trinajstić information content (AvgIpc) is 2.36. The number of carbonyl (C=O) groups excluding carboxylic acids is 1. The Hall–Kier alpha value is -0.760. The lowest BCUT2D eigenvalue weighted by Crippen LogP contribution is -2.08. The molecule has 1 aromatic rings. The zero-order chi connectivity index (χ0) is 13.5. The number of hydrogen-bond donors (Lipinski definition) is 0. The smallest absolute Gasteiger partial charge is 0.147 e. The predicted octanol–water partition coefficient (Wildman–Crippen LogP) is 4.45. The van der Waals surface area contributed by atoms with E-state index in [0.717, 1.165) is 12.0 Å². The summed E-state index contributed by atoms with van der Waals surface area (Å²) in [5.74, 6) is 1.52. The highest BCUT2D eigenvalue weighted by molar-refractivity contribution is 8.00. The first-order valence-electron chi connectivity index (χ1n) is 6.75. The van der Waals surface area contributed by atoms with Crippen LogP contribution in [0, 0.1) is 0 Å². The minimum atomic E-state index is 0.331. The van der Waals surface area contributed by atoms with Gasteiger partial charge in [-0.2, -0.15) is 11.8 Å². The Bertz CT molecular complexity index is 367. The summed E-state index contributed by atoms with van der Waals surface area (Å²) < 4.78 is 0. The van der Waals surface area contributed by atoms with Crippen molar-refractivity contribution < 1.29 is 4.79 Å². The van der Waals surface area contributed by atoms with Crippen LogP contribution in [0.4, 0.5) is 0 Å². The maximum absolute atomic E-state index is 11.8. The van der Waals surface area contributed by atoms with E-state index in [1.807, 2.05) is 0 Å². The molecule has 0 heterocycles. The summed E-state index contributed by atoms with van der Waals surface area (Å²) in [5.41, 5.74) is 2.47. The van der Waals surface area contributed by atoms with Crippen LogP contribution >= 0.6 is 11.8 Å². The van der Waals surface area contributed by atoms with E-state index >= 15 is 0 Å². The van der Waals surface area contributed by atoms with Crippen LogP contribution in [0.1, 0.15) is 51.2 Å². The number of carbonyl (C=O) groups is 1. The fourth-order valence-electron chi connectivity index (χ4n) is 1.65. The quantitative estimate of drug-likeness (QED) is 0.723. The van der Waals surface area contributed by atoms with E-state index in [1.54, 1.807) is 11.8 Å². The van der Waals surface area contributed by atoms with Crippen molar-refractivity contribution in [3.63, 3.8) is 0 Å². The zero-order valence-electron chi connectivity index (χ0n) is 11.9. The van der Waals surface area contributed by atoms with Crippen molar-refractivity contribution in [1.29, 1.82) is 0 Å². The number of ketones is 1. The van der Waals surface area contributed by atoms with E-state index in [2.05, 4.69) is 52.0 Å². The first-order chi connectivity index (χ1) is 8.52. The van der Waals surface area contributed by atoms with Crippen LogP contribution < -0.4 is 0 Å². The van der Waals surface area contributed by atoms with Gasteiger partial charge in [-0.3, -0.25) is 4.79 Å². The Morgan fingerprint density at radius 2 is 1.78 bits per heavy atom. The fourth-order valence-corrected chi connectivity index (χ4v) is 2.46. The Balaban J connectivity index is 2.44. The highest BCUT2D eigenvalue weighted by Gasteiger charge is 2.07. The van der Waals surface area contributed by atoms with Gasteiger partial charge in [0.2, 0.25) is 0 Å². The van der Waals surface area contributed by atoms with Gasteiger partial charge in [0.25, 0.3) is 0 Å². The van der Waals surface area contributed by atoms with Gasteiger partial charge >= 0.3 is 0 Å². The Kier molecular flexibility index (Phi) is 6.48. The van der Waals surface area contributed by atoms with Gasteiger partial charge < -0.3 is 0 Å². The maximum Gasteiger partial charge on any atom is 0.147 e. The molecule has 1 rings (SSSR count). The summed E-state index contributed by atoms with van der Waals surface area (Å²) >= 11 is 1.76. The molecule has 0 N–H and O–H groups in total. The summed E-state index contributed by atoms with van der Waals surface area (Å²) in [4.78, 5) is 11.8. The van der Waals surface area contributed by atoms with Crippen LogP contribution in [0.3, 0.4) is 0 Å². The molecule has 2 heteroatoms. The standard InChI is InChI=1S/C16H24OS/c1-5-13(4)18-11-16(17)10-14-6-8-15(9-7-14)12(2)3/h6-9,12-13H,5,10-11H2,1-4H3. The summed E-state index contributed by atoms with van der Waals surface area (Å²) in [6, 6.07) is 8.44. The van der Waals surface area contributed by atoms with Crippen LogP contribution in [-0.4, -0.2) is 16.8 Å². The van der Waals surface area contributed by atoms with Crippen LogP contribution in [0.2, 0.25) is 0 Å². The average molecular weight is 264 g/mol. The second-order valence-electron chi connectivity index (χ2n) is 5.14. The molecule has 0 amide bonds. The Labute approximate surface area is 115 Å². The molecule has 100 valence electrons. The zero-order valence-corrected chi connectivity index (χ0v) is 12.7. The molecule has 0 radical (unpaired) electrons. The third-order valence-electron chi connectivity index (χ3n) is 3.15. The molecule has 0 aliphatic heterocycles. The largest absolute Gasteiger partial charge is 0.298 e. The third kappa shape index (κ3) is 5.26. The van der Waals surface area contributed by atoms with Crippen molar-refractivity contribution >= 4 is 17.5 Å². The van der Waals surface area contributed by atoms with E-state index in [9.17, 15) is 4.79 Å². The summed E-state index contributed by atoms with van der Waals surface area (Å²) in [6.45, 7) is 8.70. The maximum atomic E-state index is 11.8. The molecule has 0 aliphatic carbocycles. The normalized spacial score (nSPS) is 12.7. The molecule has 0 aromatic heterocycles. The van der Waals surface area contributed by atoms with E-state index in [1.165, 1.54) is 5.56 Å². The number of benzene rings is 1. The van der Waals surface area contributed by atoms with Crippen LogP contribution in [-0.2, 0) is 11.2 Å². The Morgan fingerprint density at radius 1 is 1.17 bits per heavy atom. The molecular formula is C16H24OS. The van der Waals surface area contributed by atoms with E-state index in [4.69, 9.17) is 0 Å². The number of rotatable bonds is 7. The van der Waals surface area contributed by atoms with Crippen molar-refractivity contribution in [2.45, 2.75) is 51.7 Å². The van der Waals surface area contributed by atoms with Crippen molar-refractivity contribution in [3.05, 3.63) is 35.4 Å². The van der Waals surface area contributed by atoms with E-state index in [0.29, 0.717) is 29.1 Å². The van der Waals surface area contributed by atoms with Crippen molar-refractivity contribution in [2.24, 2.45) is 0 Å². The molecule has 0 fully saturated rings. The molecule has 1 atom stereocenters. The lowest BCUT2D eigenvalue weighted by atomic mass is 10.0. The van der Waals surface area contributed by atoms with Gasteiger partial charge in [-0.15, -0.1) is 0 Å². The van der Waals surface area contributed by atoms with Gasteiger partial charge in [-0.05, 0) is 23.5 Å². The van der Waals surface area contributed by atoms with Gasteiger partial charge in [0, 0.05) is 11.7 Å². The van der Waals surface area contributed by atoms with E-state index < -0.39 is 0 Å². The topological polar surface area (TPSA) is 17.1 Å². The summed E-state index contributed by atoms with van der Waals surface area (Å²) in [5, 5.41) is 0.581. The van der Waals surface area contributed by atoms with Gasteiger partial charge in [-0.1, -0.05) is 52.0 Å². The number of Topliss-reactive ketones (excluding diaryl/α,β-unsaturated/α-hetero) is 1. The van der Waals surface area contributed by atoms with Gasteiger partial charge in [0.1, 0.15) is 5.78 Å². The SMILES string of the molecule is CCC(C)SCC(=O)Cc1ccc(C(C)C)cc1. The van der Waals surface area contributed by atoms with Crippen molar-refractivity contribution in [1.82, 2.24) is 0 Å². The fraction of sp³-hybridized carbons (Fsp3) is 0.562.